The molecule has 1 aromatic carbocycles. The minimum atomic E-state index is 0.0452. The fourth-order valence-corrected chi connectivity index (χ4v) is 4.93. The van der Waals surface area contributed by atoms with Crippen molar-refractivity contribution in [1.82, 2.24) is 9.97 Å². The lowest BCUT2D eigenvalue weighted by molar-refractivity contribution is -0.120. The van der Waals surface area contributed by atoms with E-state index in [0.717, 1.165) is 48.7 Å². The molecular formula is C22H26N4OS. The number of rotatable bonds is 4. The van der Waals surface area contributed by atoms with Gasteiger partial charge in [0, 0.05) is 29.6 Å². The summed E-state index contributed by atoms with van der Waals surface area (Å²) in [6.07, 6.45) is 4.26. The number of piperidine rings is 1. The number of nitrogens with zero attached hydrogens (tertiary/aromatic N) is 3. The summed E-state index contributed by atoms with van der Waals surface area (Å²) >= 11 is 1.73. The van der Waals surface area contributed by atoms with E-state index in [1.54, 1.807) is 17.7 Å². The molecule has 0 unspecified atom stereocenters. The highest BCUT2D eigenvalue weighted by Crippen LogP contribution is 2.35. The number of hydrogen-bond acceptors (Lipinski definition) is 5. The molecule has 0 aliphatic carbocycles. The molecule has 2 aromatic heterocycles. The third-order valence-corrected chi connectivity index (χ3v) is 6.88. The Bertz CT molecular complexity index is 1000. The number of nitrogens with one attached hydrogen (secondary N) is 1. The number of aryl methyl sites for hydroxylation is 3. The number of para-hydroxylation sites is 1. The van der Waals surface area contributed by atoms with Crippen LogP contribution in [-0.4, -0.2) is 29.0 Å². The van der Waals surface area contributed by atoms with Crippen LogP contribution in [0, 0.1) is 19.8 Å². The number of hydrogen-bond donors (Lipinski definition) is 1. The Morgan fingerprint density at radius 2 is 1.96 bits per heavy atom. The van der Waals surface area contributed by atoms with E-state index in [4.69, 9.17) is 0 Å². The van der Waals surface area contributed by atoms with E-state index < -0.39 is 0 Å². The van der Waals surface area contributed by atoms with Crippen molar-refractivity contribution in [3.8, 4) is 0 Å². The number of amides is 1. The van der Waals surface area contributed by atoms with Gasteiger partial charge in [0.15, 0.2) is 0 Å². The first-order valence-electron chi connectivity index (χ1n) is 9.93. The third-order valence-electron chi connectivity index (χ3n) is 5.77. The zero-order valence-corrected chi connectivity index (χ0v) is 17.5. The Morgan fingerprint density at radius 1 is 1.21 bits per heavy atom. The van der Waals surface area contributed by atoms with Gasteiger partial charge in [0.2, 0.25) is 5.91 Å². The molecule has 0 bridgehead atoms. The highest BCUT2D eigenvalue weighted by Gasteiger charge is 2.27. The Kier molecular flexibility index (Phi) is 5.31. The molecule has 0 radical (unpaired) electrons. The van der Waals surface area contributed by atoms with Crippen LogP contribution in [0.3, 0.4) is 0 Å². The smallest absolute Gasteiger partial charge is 0.227 e. The lowest BCUT2D eigenvalue weighted by atomic mass is 9.95. The molecule has 4 rings (SSSR count). The van der Waals surface area contributed by atoms with Crippen molar-refractivity contribution in [2.75, 3.05) is 23.3 Å². The molecule has 3 aromatic rings. The van der Waals surface area contributed by atoms with Gasteiger partial charge in [0.1, 0.15) is 17.0 Å². The van der Waals surface area contributed by atoms with Crippen molar-refractivity contribution in [3.63, 3.8) is 0 Å². The zero-order valence-electron chi connectivity index (χ0n) is 16.7. The standard InChI is InChI=1S/C22H26N4OS/c1-4-16-7-5-6-8-18(16)25-21(27)17-9-11-26(12-10-17)20-19-14(2)15(3)28-22(19)24-13-23-20/h5-8,13,17H,4,9-12H2,1-3H3,(H,25,27). The average Bonchev–Trinajstić information content (AvgIpc) is 3.02. The summed E-state index contributed by atoms with van der Waals surface area (Å²) in [7, 11) is 0. The molecule has 1 saturated heterocycles. The maximum absolute atomic E-state index is 12.8. The third kappa shape index (κ3) is 3.49. The molecular weight excluding hydrogens is 368 g/mol. The summed E-state index contributed by atoms with van der Waals surface area (Å²) in [5.74, 6) is 1.20. The van der Waals surface area contributed by atoms with E-state index in [9.17, 15) is 4.79 Å². The van der Waals surface area contributed by atoms with Crippen LogP contribution in [0.4, 0.5) is 11.5 Å². The molecule has 0 saturated carbocycles. The van der Waals surface area contributed by atoms with Gasteiger partial charge in [-0.3, -0.25) is 4.79 Å². The Balaban J connectivity index is 1.46. The van der Waals surface area contributed by atoms with E-state index in [0.29, 0.717) is 0 Å². The lowest BCUT2D eigenvalue weighted by Gasteiger charge is -2.32. The second kappa shape index (κ2) is 7.87. The van der Waals surface area contributed by atoms with Gasteiger partial charge in [-0.2, -0.15) is 0 Å². The largest absolute Gasteiger partial charge is 0.356 e. The summed E-state index contributed by atoms with van der Waals surface area (Å²) in [6, 6.07) is 8.06. The van der Waals surface area contributed by atoms with E-state index in [1.165, 1.54) is 21.4 Å². The molecule has 1 aliphatic heterocycles. The first-order valence-corrected chi connectivity index (χ1v) is 10.7. The van der Waals surface area contributed by atoms with E-state index in [2.05, 4.69) is 47.0 Å². The molecule has 5 nitrogen and oxygen atoms in total. The average molecular weight is 395 g/mol. The van der Waals surface area contributed by atoms with Crippen molar-refractivity contribution in [3.05, 3.63) is 46.6 Å². The maximum Gasteiger partial charge on any atom is 0.227 e. The summed E-state index contributed by atoms with van der Waals surface area (Å²) in [4.78, 5) is 26.5. The SMILES string of the molecule is CCc1ccccc1NC(=O)C1CCN(c2ncnc3sc(C)c(C)c23)CC1. The normalized spacial score (nSPS) is 15.2. The fourth-order valence-electron chi connectivity index (χ4n) is 3.94. The quantitative estimate of drug-likeness (QED) is 0.695. The van der Waals surface area contributed by atoms with Crippen molar-refractivity contribution in [2.24, 2.45) is 5.92 Å². The van der Waals surface area contributed by atoms with Gasteiger partial charge < -0.3 is 10.2 Å². The molecule has 1 amide bonds. The minimum Gasteiger partial charge on any atom is -0.356 e. The number of carbonyl (C=O) groups is 1. The van der Waals surface area contributed by atoms with Crippen molar-refractivity contribution >= 4 is 39.0 Å². The van der Waals surface area contributed by atoms with E-state index in [1.807, 2.05) is 18.2 Å². The monoisotopic (exact) mass is 394 g/mol. The Labute approximate surface area is 169 Å². The number of benzene rings is 1. The number of carbonyl (C=O) groups excluding carboxylic acids is 1. The summed E-state index contributed by atoms with van der Waals surface area (Å²) < 4.78 is 0. The van der Waals surface area contributed by atoms with Crippen LogP contribution in [0.15, 0.2) is 30.6 Å². The predicted molar refractivity (Wildman–Crippen MR) is 116 cm³/mol. The molecule has 1 aliphatic rings. The van der Waals surface area contributed by atoms with Crippen LogP contribution in [0.25, 0.3) is 10.2 Å². The molecule has 28 heavy (non-hydrogen) atoms. The van der Waals surface area contributed by atoms with Crippen LogP contribution in [0.2, 0.25) is 0 Å². The topological polar surface area (TPSA) is 58.1 Å². The van der Waals surface area contributed by atoms with E-state index in [-0.39, 0.29) is 11.8 Å². The number of aromatic nitrogens is 2. The maximum atomic E-state index is 12.8. The minimum absolute atomic E-state index is 0.0452. The molecule has 0 atom stereocenters. The van der Waals surface area contributed by atoms with Gasteiger partial charge in [-0.1, -0.05) is 25.1 Å². The number of thiophene rings is 1. The van der Waals surface area contributed by atoms with Gasteiger partial charge in [-0.25, -0.2) is 9.97 Å². The molecule has 146 valence electrons. The van der Waals surface area contributed by atoms with Crippen molar-refractivity contribution < 1.29 is 4.79 Å². The molecule has 6 heteroatoms. The fraction of sp³-hybridized carbons (Fsp3) is 0.409. The predicted octanol–water partition coefficient (Wildman–Crippen LogP) is 4.73. The second-order valence-electron chi connectivity index (χ2n) is 7.42. The van der Waals surface area contributed by atoms with Gasteiger partial charge in [0.05, 0.1) is 5.39 Å². The van der Waals surface area contributed by atoms with Crippen LogP contribution in [0.5, 0.6) is 0 Å². The summed E-state index contributed by atoms with van der Waals surface area (Å²) in [6.45, 7) is 8.07. The summed E-state index contributed by atoms with van der Waals surface area (Å²) in [5.41, 5.74) is 3.39. The van der Waals surface area contributed by atoms with Crippen molar-refractivity contribution in [1.29, 1.82) is 0 Å². The number of fused-ring (bicyclic) bond motifs is 1. The first kappa shape index (κ1) is 18.9. The highest BCUT2D eigenvalue weighted by atomic mass is 32.1. The Morgan fingerprint density at radius 3 is 2.71 bits per heavy atom. The van der Waals surface area contributed by atoms with Crippen LogP contribution in [-0.2, 0) is 11.2 Å². The van der Waals surface area contributed by atoms with Crippen molar-refractivity contribution in [2.45, 2.75) is 40.0 Å². The van der Waals surface area contributed by atoms with Crippen LogP contribution in [0.1, 0.15) is 35.8 Å². The molecule has 3 heterocycles. The lowest BCUT2D eigenvalue weighted by Crippen LogP contribution is -2.38. The molecule has 1 N–H and O–H groups in total. The Hall–Kier alpha value is -2.47. The second-order valence-corrected chi connectivity index (χ2v) is 8.63. The van der Waals surface area contributed by atoms with Crippen LogP contribution < -0.4 is 10.2 Å². The highest BCUT2D eigenvalue weighted by molar-refractivity contribution is 7.18. The van der Waals surface area contributed by atoms with Crippen LogP contribution >= 0.6 is 11.3 Å². The van der Waals surface area contributed by atoms with Gasteiger partial charge in [0.25, 0.3) is 0 Å². The van der Waals surface area contributed by atoms with Gasteiger partial charge in [-0.05, 0) is 50.3 Å². The van der Waals surface area contributed by atoms with Gasteiger partial charge >= 0.3 is 0 Å². The van der Waals surface area contributed by atoms with Gasteiger partial charge in [-0.15, -0.1) is 11.3 Å². The van der Waals surface area contributed by atoms with E-state index >= 15 is 0 Å². The first-order chi connectivity index (χ1) is 13.6. The number of anilines is 2. The summed E-state index contributed by atoms with van der Waals surface area (Å²) in [5, 5.41) is 4.32. The molecule has 0 spiro atoms. The molecule has 1 fully saturated rings. The zero-order chi connectivity index (χ0) is 19.7.